The van der Waals surface area contributed by atoms with Crippen molar-refractivity contribution in [1.82, 2.24) is 0 Å². The topological polar surface area (TPSA) is 66.8 Å². The third-order valence-electron chi connectivity index (χ3n) is 6.54. The second-order valence-electron chi connectivity index (χ2n) is 9.47. The molecule has 34 heavy (non-hydrogen) atoms. The monoisotopic (exact) mass is 468 g/mol. The first kappa shape index (κ1) is 28.1. The zero-order chi connectivity index (χ0) is 24.4. The predicted octanol–water partition coefficient (Wildman–Crippen LogP) is 7.19. The van der Waals surface area contributed by atoms with E-state index in [0.717, 1.165) is 30.4 Å². The number of aliphatic hydroxyl groups excluding tert-OH is 1. The van der Waals surface area contributed by atoms with Crippen molar-refractivity contribution in [2.45, 2.75) is 103 Å². The number of carboxylic acid groups (broad SMARTS) is 1. The average molecular weight is 469 g/mol. The van der Waals surface area contributed by atoms with Crippen molar-refractivity contribution in [3.05, 3.63) is 71.8 Å². The third kappa shape index (κ3) is 11.8. The third-order valence-corrected chi connectivity index (χ3v) is 6.54. The summed E-state index contributed by atoms with van der Waals surface area (Å²) in [5, 5.41) is 20.7. The highest BCUT2D eigenvalue weighted by Gasteiger charge is 2.29. The molecule has 3 atom stereocenters. The van der Waals surface area contributed by atoms with E-state index < -0.39 is 18.0 Å². The van der Waals surface area contributed by atoms with E-state index in [0.29, 0.717) is 19.4 Å². The van der Waals surface area contributed by atoms with Gasteiger partial charge in [0.25, 0.3) is 0 Å². The molecule has 2 rings (SSSR count). The van der Waals surface area contributed by atoms with Crippen LogP contribution in [-0.4, -0.2) is 28.4 Å². The molecule has 0 aliphatic carbocycles. The van der Waals surface area contributed by atoms with Crippen LogP contribution in [0.4, 0.5) is 0 Å². The van der Waals surface area contributed by atoms with Gasteiger partial charge in [0, 0.05) is 6.42 Å². The maximum atomic E-state index is 11.9. The number of aliphatic hydroxyl groups is 1. The number of hydrogen-bond donors (Lipinski definition) is 2. The molecule has 0 aliphatic heterocycles. The summed E-state index contributed by atoms with van der Waals surface area (Å²) < 4.78 is 6.20. The number of hydrogen-bond acceptors (Lipinski definition) is 3. The van der Waals surface area contributed by atoms with Gasteiger partial charge < -0.3 is 14.9 Å². The van der Waals surface area contributed by atoms with E-state index in [-0.39, 0.29) is 6.10 Å². The van der Waals surface area contributed by atoms with Gasteiger partial charge in [0.1, 0.15) is 0 Å². The molecule has 0 radical (unpaired) electrons. The quantitative estimate of drug-likeness (QED) is 0.214. The molecule has 0 saturated carbocycles. The standard InChI is InChI=1S/C30H44O4/c1-2-3-4-5-6-7-8-9-16-21-27(34-24-26-19-14-11-15-20-26)23-29(31)28(30(32)33)22-25-17-12-10-13-18-25/h10-15,17-20,27-29,31H,2-9,16,21-24H2,1H3,(H,32,33)/t27-,28?,29+/m1/s1. The fraction of sp³-hybridized carbons (Fsp3) is 0.567. The molecule has 4 nitrogen and oxygen atoms in total. The summed E-state index contributed by atoms with van der Waals surface area (Å²) in [6.07, 6.45) is 11.7. The van der Waals surface area contributed by atoms with Crippen LogP contribution in [0, 0.1) is 5.92 Å². The molecule has 0 bridgehead atoms. The van der Waals surface area contributed by atoms with E-state index in [2.05, 4.69) is 6.92 Å². The highest BCUT2D eigenvalue weighted by Crippen LogP contribution is 2.22. The van der Waals surface area contributed by atoms with Gasteiger partial charge in [-0.1, -0.05) is 125 Å². The smallest absolute Gasteiger partial charge is 0.309 e. The highest BCUT2D eigenvalue weighted by molar-refractivity contribution is 5.71. The number of unbranched alkanes of at least 4 members (excludes halogenated alkanes) is 8. The number of carbonyl (C=O) groups is 1. The van der Waals surface area contributed by atoms with Gasteiger partial charge in [0.15, 0.2) is 0 Å². The molecule has 0 aliphatic rings. The zero-order valence-corrected chi connectivity index (χ0v) is 20.9. The maximum Gasteiger partial charge on any atom is 0.309 e. The molecular weight excluding hydrogens is 424 g/mol. The van der Waals surface area contributed by atoms with Gasteiger partial charge in [-0.3, -0.25) is 4.79 Å². The molecule has 188 valence electrons. The minimum atomic E-state index is -0.957. The van der Waals surface area contributed by atoms with E-state index >= 15 is 0 Å². The van der Waals surface area contributed by atoms with Gasteiger partial charge in [-0.05, 0) is 24.0 Å². The fourth-order valence-corrected chi connectivity index (χ4v) is 4.43. The van der Waals surface area contributed by atoms with Crippen LogP contribution in [0.3, 0.4) is 0 Å². The van der Waals surface area contributed by atoms with Crippen LogP contribution >= 0.6 is 0 Å². The largest absolute Gasteiger partial charge is 0.481 e. The zero-order valence-electron chi connectivity index (χ0n) is 20.9. The van der Waals surface area contributed by atoms with Gasteiger partial charge in [-0.25, -0.2) is 0 Å². The molecule has 4 heteroatoms. The van der Waals surface area contributed by atoms with Gasteiger partial charge in [-0.2, -0.15) is 0 Å². The van der Waals surface area contributed by atoms with Crippen LogP contribution in [0.5, 0.6) is 0 Å². The Morgan fingerprint density at radius 2 is 1.32 bits per heavy atom. The van der Waals surface area contributed by atoms with Gasteiger partial charge in [0.05, 0.1) is 24.7 Å². The summed E-state index contributed by atoms with van der Waals surface area (Å²) in [5.41, 5.74) is 2.02. The molecule has 1 unspecified atom stereocenters. The molecule has 0 aromatic heterocycles. The molecular formula is C30H44O4. The van der Waals surface area contributed by atoms with Crippen molar-refractivity contribution >= 4 is 5.97 Å². The Hall–Kier alpha value is -2.17. The lowest BCUT2D eigenvalue weighted by Gasteiger charge is -2.25. The fourth-order valence-electron chi connectivity index (χ4n) is 4.43. The summed E-state index contributed by atoms with van der Waals surface area (Å²) >= 11 is 0. The minimum absolute atomic E-state index is 0.155. The molecule has 0 saturated heterocycles. The van der Waals surface area contributed by atoms with Crippen LogP contribution in [0.2, 0.25) is 0 Å². The van der Waals surface area contributed by atoms with Crippen molar-refractivity contribution < 1.29 is 19.7 Å². The van der Waals surface area contributed by atoms with Crippen LogP contribution in [0.15, 0.2) is 60.7 Å². The second-order valence-corrected chi connectivity index (χ2v) is 9.47. The highest BCUT2D eigenvalue weighted by atomic mass is 16.5. The summed E-state index contributed by atoms with van der Waals surface area (Å²) in [6, 6.07) is 19.5. The molecule has 0 heterocycles. The summed E-state index contributed by atoms with van der Waals surface area (Å²) in [7, 11) is 0. The van der Waals surface area contributed by atoms with Crippen molar-refractivity contribution in [2.24, 2.45) is 5.92 Å². The van der Waals surface area contributed by atoms with Crippen LogP contribution in [0.1, 0.15) is 88.7 Å². The Balaban J connectivity index is 1.86. The maximum absolute atomic E-state index is 11.9. The lowest BCUT2D eigenvalue weighted by atomic mass is 9.90. The molecule has 0 spiro atoms. The Labute approximate surface area is 206 Å². The van der Waals surface area contributed by atoms with Crippen molar-refractivity contribution in [3.8, 4) is 0 Å². The lowest BCUT2D eigenvalue weighted by molar-refractivity contribution is -0.146. The van der Waals surface area contributed by atoms with Crippen LogP contribution in [0.25, 0.3) is 0 Å². The van der Waals surface area contributed by atoms with E-state index in [9.17, 15) is 15.0 Å². The van der Waals surface area contributed by atoms with Crippen molar-refractivity contribution in [2.75, 3.05) is 0 Å². The number of ether oxygens (including phenoxy) is 1. The Morgan fingerprint density at radius 3 is 1.88 bits per heavy atom. The number of aliphatic carboxylic acids is 1. The van der Waals surface area contributed by atoms with Crippen LogP contribution in [-0.2, 0) is 22.6 Å². The Morgan fingerprint density at radius 1 is 0.794 bits per heavy atom. The normalized spacial score (nSPS) is 13.9. The van der Waals surface area contributed by atoms with Gasteiger partial charge in [0.2, 0.25) is 0 Å². The molecule has 0 amide bonds. The average Bonchev–Trinajstić information content (AvgIpc) is 2.85. The van der Waals surface area contributed by atoms with E-state index in [4.69, 9.17) is 4.74 Å². The molecule has 2 aromatic rings. The summed E-state index contributed by atoms with van der Waals surface area (Å²) in [4.78, 5) is 11.9. The summed E-state index contributed by atoms with van der Waals surface area (Å²) in [5.74, 6) is -1.80. The molecule has 2 aromatic carbocycles. The van der Waals surface area contributed by atoms with Crippen molar-refractivity contribution in [3.63, 3.8) is 0 Å². The van der Waals surface area contributed by atoms with Crippen LogP contribution < -0.4 is 0 Å². The SMILES string of the molecule is CCCCCCCCCCC[C@H](C[C@H](O)C(Cc1ccccc1)C(=O)O)OCc1ccccc1. The lowest BCUT2D eigenvalue weighted by Crippen LogP contribution is -2.34. The Bertz CT molecular complexity index is 762. The van der Waals surface area contributed by atoms with E-state index in [1.165, 1.54) is 44.9 Å². The predicted molar refractivity (Wildman–Crippen MR) is 139 cm³/mol. The summed E-state index contributed by atoms with van der Waals surface area (Å²) in [6.45, 7) is 2.72. The van der Waals surface area contributed by atoms with E-state index in [1.54, 1.807) is 0 Å². The van der Waals surface area contributed by atoms with Crippen molar-refractivity contribution in [1.29, 1.82) is 0 Å². The first-order valence-electron chi connectivity index (χ1n) is 13.2. The first-order chi connectivity index (χ1) is 16.6. The second kappa shape index (κ2) is 17.3. The van der Waals surface area contributed by atoms with Gasteiger partial charge in [-0.15, -0.1) is 0 Å². The minimum Gasteiger partial charge on any atom is -0.481 e. The molecule has 0 fully saturated rings. The number of rotatable bonds is 19. The van der Waals surface area contributed by atoms with Gasteiger partial charge >= 0.3 is 5.97 Å². The number of benzene rings is 2. The van der Waals surface area contributed by atoms with E-state index in [1.807, 2.05) is 60.7 Å². The Kier molecular flexibility index (Phi) is 14.3. The first-order valence-corrected chi connectivity index (χ1v) is 13.2. The molecule has 2 N–H and O–H groups in total. The number of carboxylic acids is 1.